The molecule has 1 aromatic heterocycles. The van der Waals surface area contributed by atoms with Gasteiger partial charge < -0.3 is 9.64 Å². The first-order chi connectivity index (χ1) is 18.9. The van der Waals surface area contributed by atoms with Gasteiger partial charge in [0.1, 0.15) is 0 Å². The molecule has 6 rings (SSSR count). The molecule has 2 fully saturated rings. The van der Waals surface area contributed by atoms with Crippen LogP contribution in [0.1, 0.15) is 66.7 Å². The van der Waals surface area contributed by atoms with Crippen LogP contribution in [0.25, 0.3) is 10.8 Å². The van der Waals surface area contributed by atoms with Gasteiger partial charge in [-0.3, -0.25) is 19.6 Å². The summed E-state index contributed by atoms with van der Waals surface area (Å²) in [5.74, 6) is 0.143. The molecule has 0 spiro atoms. The maximum Gasteiger partial charge on any atom is 0.254 e. The third kappa shape index (κ3) is 4.88. The first kappa shape index (κ1) is 26.4. The van der Waals surface area contributed by atoms with Crippen molar-refractivity contribution in [1.29, 1.82) is 0 Å². The van der Waals surface area contributed by atoms with Crippen LogP contribution in [0.2, 0.25) is 0 Å². The molecule has 2 saturated heterocycles. The number of ether oxygens (including phenoxy) is 1. The Kier molecular flexibility index (Phi) is 7.21. The van der Waals surface area contributed by atoms with Crippen LogP contribution in [0.15, 0.2) is 54.9 Å². The second kappa shape index (κ2) is 10.6. The zero-order valence-electron chi connectivity index (χ0n) is 23.9. The van der Waals surface area contributed by atoms with Crippen LogP contribution < -0.4 is 0 Å². The molecule has 0 radical (unpaired) electrons. The Morgan fingerprint density at radius 1 is 1.10 bits per heavy atom. The normalized spacial score (nSPS) is 25.6. The topological polar surface area (TPSA) is 48.9 Å². The van der Waals surface area contributed by atoms with E-state index in [1.807, 2.05) is 30.5 Å². The molecule has 1 unspecified atom stereocenters. The Labute approximate surface area is 232 Å². The van der Waals surface area contributed by atoms with E-state index in [1.165, 1.54) is 16.7 Å². The summed E-state index contributed by atoms with van der Waals surface area (Å²) in [6, 6.07) is 15.6. The van der Waals surface area contributed by atoms with E-state index < -0.39 is 0 Å². The lowest BCUT2D eigenvalue weighted by molar-refractivity contribution is -0.0630. The molecule has 3 atom stereocenters. The van der Waals surface area contributed by atoms with E-state index in [4.69, 9.17) is 4.74 Å². The number of amides is 1. The first-order valence-electron chi connectivity index (χ1n) is 14.7. The summed E-state index contributed by atoms with van der Waals surface area (Å²) in [7, 11) is 0. The fraction of sp³-hybridized carbons (Fsp3) is 0.515. The van der Waals surface area contributed by atoms with Gasteiger partial charge in [0.25, 0.3) is 5.91 Å². The van der Waals surface area contributed by atoms with Crippen molar-refractivity contribution in [2.24, 2.45) is 0 Å². The minimum atomic E-state index is 0.115. The third-order valence-corrected chi connectivity index (χ3v) is 9.61. The highest BCUT2D eigenvalue weighted by molar-refractivity contribution is 6.06. The number of aryl methyl sites for hydroxylation is 1. The number of fused-ring (bicyclic) bond motifs is 2. The van der Waals surface area contributed by atoms with Crippen LogP contribution in [0.3, 0.4) is 0 Å². The second-order valence-corrected chi connectivity index (χ2v) is 12.1. The van der Waals surface area contributed by atoms with Gasteiger partial charge in [0.2, 0.25) is 0 Å². The maximum absolute atomic E-state index is 13.5. The van der Waals surface area contributed by atoms with Crippen molar-refractivity contribution in [1.82, 2.24) is 19.7 Å². The largest absolute Gasteiger partial charge is 0.376 e. The standard InChI is InChI=1S/C33H42N4O2/c1-5-39-30-20-26-19-23(2)9-10-28(26)31(30)37-18-17-36(22-24(37)3)33(4)12-15-35(16-13-33)32(38)29-8-6-7-25-21-34-14-11-27(25)29/h6-11,14,19,21,24,30-31H,5,12-13,15-18,20,22H2,1-4H3/t24-,30+,31?/m0/s1. The zero-order chi connectivity index (χ0) is 27.1. The van der Waals surface area contributed by atoms with Crippen molar-refractivity contribution in [2.75, 3.05) is 39.3 Å². The number of pyridine rings is 1. The molecule has 6 nitrogen and oxygen atoms in total. The Morgan fingerprint density at radius 3 is 2.69 bits per heavy atom. The molecular formula is C33H42N4O2. The fourth-order valence-electron chi connectivity index (χ4n) is 7.35. The number of hydrogen-bond donors (Lipinski definition) is 0. The van der Waals surface area contributed by atoms with Gasteiger partial charge in [0.15, 0.2) is 0 Å². The number of piperidine rings is 1. The number of hydrogen-bond acceptors (Lipinski definition) is 5. The van der Waals surface area contributed by atoms with Crippen molar-refractivity contribution < 1.29 is 9.53 Å². The number of aromatic nitrogens is 1. The fourth-order valence-corrected chi connectivity index (χ4v) is 7.35. The first-order valence-corrected chi connectivity index (χ1v) is 14.7. The van der Waals surface area contributed by atoms with E-state index in [2.05, 4.69) is 65.6 Å². The van der Waals surface area contributed by atoms with Gasteiger partial charge in [-0.2, -0.15) is 0 Å². The van der Waals surface area contributed by atoms with Gasteiger partial charge in [0.05, 0.1) is 12.1 Å². The number of piperazine rings is 1. The lowest BCUT2D eigenvalue weighted by atomic mass is 9.86. The molecule has 2 aliphatic heterocycles. The number of rotatable bonds is 5. The van der Waals surface area contributed by atoms with E-state index in [9.17, 15) is 4.79 Å². The molecule has 3 aliphatic rings. The van der Waals surface area contributed by atoms with Gasteiger partial charge in [-0.05, 0) is 69.2 Å². The zero-order valence-corrected chi connectivity index (χ0v) is 23.9. The Morgan fingerprint density at radius 2 is 1.92 bits per heavy atom. The smallest absolute Gasteiger partial charge is 0.254 e. The van der Waals surface area contributed by atoms with Crippen molar-refractivity contribution in [3.05, 3.63) is 77.1 Å². The summed E-state index contributed by atoms with van der Waals surface area (Å²) in [6.07, 6.45) is 6.86. The highest BCUT2D eigenvalue weighted by atomic mass is 16.5. The molecule has 1 aliphatic carbocycles. The molecule has 2 aromatic carbocycles. The van der Waals surface area contributed by atoms with Crippen LogP contribution in [-0.2, 0) is 11.2 Å². The van der Waals surface area contributed by atoms with Gasteiger partial charge in [-0.15, -0.1) is 0 Å². The molecular weight excluding hydrogens is 484 g/mol. The Hall–Kier alpha value is -2.80. The SMILES string of the molecule is CCO[C@@H]1Cc2cc(C)ccc2C1N1CCN(C2(C)CCN(C(=O)c3cccc4cnccc34)CC2)C[C@@H]1C. The van der Waals surface area contributed by atoms with Crippen LogP contribution in [0.5, 0.6) is 0 Å². The summed E-state index contributed by atoms with van der Waals surface area (Å²) < 4.78 is 6.30. The van der Waals surface area contributed by atoms with Crippen LogP contribution in [0.4, 0.5) is 0 Å². The molecule has 6 heteroatoms. The van der Waals surface area contributed by atoms with Gasteiger partial charge in [-0.25, -0.2) is 0 Å². The Balaban J connectivity index is 1.12. The second-order valence-electron chi connectivity index (χ2n) is 12.1. The van der Waals surface area contributed by atoms with Crippen molar-refractivity contribution in [2.45, 2.75) is 70.7 Å². The third-order valence-electron chi connectivity index (χ3n) is 9.61. The highest BCUT2D eigenvalue weighted by Gasteiger charge is 2.44. The monoisotopic (exact) mass is 526 g/mol. The minimum absolute atomic E-state index is 0.115. The summed E-state index contributed by atoms with van der Waals surface area (Å²) in [5, 5.41) is 2.01. The molecule has 0 bridgehead atoms. The van der Waals surface area contributed by atoms with Crippen LogP contribution >= 0.6 is 0 Å². The van der Waals surface area contributed by atoms with E-state index in [1.54, 1.807) is 6.20 Å². The van der Waals surface area contributed by atoms with Crippen LogP contribution in [0, 0.1) is 6.92 Å². The van der Waals surface area contributed by atoms with E-state index in [-0.39, 0.29) is 17.6 Å². The average molecular weight is 527 g/mol. The summed E-state index contributed by atoms with van der Waals surface area (Å²) in [6.45, 7) is 14.6. The van der Waals surface area contributed by atoms with E-state index in [0.29, 0.717) is 12.1 Å². The summed E-state index contributed by atoms with van der Waals surface area (Å²) in [5.41, 5.74) is 5.15. The summed E-state index contributed by atoms with van der Waals surface area (Å²) >= 11 is 0. The quantitative estimate of drug-likeness (QED) is 0.455. The maximum atomic E-state index is 13.5. The predicted octanol–water partition coefficient (Wildman–Crippen LogP) is 5.25. The lowest BCUT2D eigenvalue weighted by Gasteiger charge is -2.53. The molecule has 39 heavy (non-hydrogen) atoms. The van der Waals surface area contributed by atoms with Gasteiger partial charge in [-0.1, -0.05) is 35.9 Å². The molecule has 206 valence electrons. The molecule has 3 aromatic rings. The van der Waals surface area contributed by atoms with Crippen LogP contribution in [-0.4, -0.2) is 82.6 Å². The molecule has 0 saturated carbocycles. The van der Waals surface area contributed by atoms with Crippen molar-refractivity contribution in [3.8, 4) is 0 Å². The molecule has 0 N–H and O–H groups in total. The van der Waals surface area contributed by atoms with Gasteiger partial charge in [0, 0.05) is 80.7 Å². The predicted molar refractivity (Wildman–Crippen MR) is 156 cm³/mol. The average Bonchev–Trinajstić information content (AvgIpc) is 3.29. The van der Waals surface area contributed by atoms with Crippen molar-refractivity contribution >= 4 is 16.7 Å². The minimum Gasteiger partial charge on any atom is -0.376 e. The molecule has 1 amide bonds. The number of benzene rings is 2. The van der Waals surface area contributed by atoms with Gasteiger partial charge >= 0.3 is 0 Å². The lowest BCUT2D eigenvalue weighted by Crippen LogP contribution is -2.62. The highest BCUT2D eigenvalue weighted by Crippen LogP contribution is 2.41. The van der Waals surface area contributed by atoms with E-state index in [0.717, 1.165) is 74.9 Å². The number of nitrogens with zero attached hydrogens (tertiary/aromatic N) is 4. The number of likely N-dealkylation sites (tertiary alicyclic amines) is 1. The molecule has 3 heterocycles. The summed E-state index contributed by atoms with van der Waals surface area (Å²) in [4.78, 5) is 25.2. The number of carbonyl (C=O) groups excluding carboxylic acids is 1. The number of carbonyl (C=O) groups is 1. The van der Waals surface area contributed by atoms with E-state index >= 15 is 0 Å². The van der Waals surface area contributed by atoms with Crippen molar-refractivity contribution in [3.63, 3.8) is 0 Å². The Bertz CT molecular complexity index is 1340.